The molecule has 10 heteroatoms. The van der Waals surface area contributed by atoms with Crippen molar-refractivity contribution in [3.8, 4) is 0 Å². The molecule has 1 N–H and O–H groups in total. The Balaban J connectivity index is 1.61. The van der Waals surface area contributed by atoms with E-state index in [9.17, 15) is 23.2 Å². The van der Waals surface area contributed by atoms with Crippen molar-refractivity contribution in [2.24, 2.45) is 0 Å². The van der Waals surface area contributed by atoms with Crippen molar-refractivity contribution in [1.29, 1.82) is 0 Å². The Morgan fingerprint density at radius 1 is 1.10 bits per heavy atom. The second-order valence-corrected chi connectivity index (χ2v) is 7.69. The molecule has 1 saturated heterocycles. The van der Waals surface area contributed by atoms with Gasteiger partial charge in [-0.1, -0.05) is 35.3 Å². The van der Waals surface area contributed by atoms with Gasteiger partial charge in [0.15, 0.2) is 0 Å². The summed E-state index contributed by atoms with van der Waals surface area (Å²) in [7, 11) is 0. The first kappa shape index (κ1) is 21.3. The molecular formula is C19H12Cl2F2N2O3S. The molecule has 3 rings (SSSR count). The molecule has 2 aromatic carbocycles. The van der Waals surface area contributed by atoms with Gasteiger partial charge >= 0.3 is 0 Å². The Morgan fingerprint density at radius 2 is 1.79 bits per heavy atom. The molecule has 2 aromatic rings. The largest absolute Gasteiger partial charge is 0.350 e. The minimum Gasteiger partial charge on any atom is -0.350 e. The summed E-state index contributed by atoms with van der Waals surface area (Å²) in [6, 6.07) is 7.49. The van der Waals surface area contributed by atoms with Gasteiger partial charge in [-0.15, -0.1) is 0 Å². The van der Waals surface area contributed by atoms with Gasteiger partial charge in [-0.25, -0.2) is 8.78 Å². The van der Waals surface area contributed by atoms with Crippen LogP contribution < -0.4 is 5.32 Å². The number of nitrogens with one attached hydrogen (secondary N) is 1. The molecule has 1 fully saturated rings. The maximum Gasteiger partial charge on any atom is 0.293 e. The van der Waals surface area contributed by atoms with Gasteiger partial charge in [0.25, 0.3) is 17.1 Å². The summed E-state index contributed by atoms with van der Waals surface area (Å²) in [5.41, 5.74) is 0.462. The van der Waals surface area contributed by atoms with E-state index in [0.717, 1.165) is 28.8 Å². The fourth-order valence-electron chi connectivity index (χ4n) is 2.48. The van der Waals surface area contributed by atoms with Gasteiger partial charge in [-0.2, -0.15) is 0 Å². The molecule has 3 amide bonds. The normalized spacial score (nSPS) is 15.3. The molecule has 150 valence electrons. The second-order valence-electron chi connectivity index (χ2n) is 5.89. The van der Waals surface area contributed by atoms with Crippen molar-refractivity contribution < 1.29 is 23.2 Å². The molecule has 0 spiro atoms. The van der Waals surface area contributed by atoms with Crippen LogP contribution in [0.2, 0.25) is 10.0 Å². The van der Waals surface area contributed by atoms with Gasteiger partial charge < -0.3 is 5.32 Å². The topological polar surface area (TPSA) is 66.5 Å². The summed E-state index contributed by atoms with van der Waals surface area (Å²) in [5, 5.41) is 1.75. The van der Waals surface area contributed by atoms with Crippen molar-refractivity contribution in [3.63, 3.8) is 0 Å². The van der Waals surface area contributed by atoms with Gasteiger partial charge in [0.2, 0.25) is 0 Å². The van der Waals surface area contributed by atoms with E-state index in [1.807, 2.05) is 0 Å². The molecule has 0 aromatic heterocycles. The number of thioether (sulfide) groups is 1. The summed E-state index contributed by atoms with van der Waals surface area (Å²) < 4.78 is 26.5. The summed E-state index contributed by atoms with van der Waals surface area (Å²) in [5.74, 6) is -2.39. The maximum atomic E-state index is 13.5. The van der Waals surface area contributed by atoms with E-state index in [-0.39, 0.29) is 33.6 Å². The van der Waals surface area contributed by atoms with Gasteiger partial charge in [-0.05, 0) is 47.7 Å². The fourth-order valence-corrected chi connectivity index (χ4v) is 3.81. The molecule has 0 unspecified atom stereocenters. The zero-order valence-electron chi connectivity index (χ0n) is 14.5. The van der Waals surface area contributed by atoms with Crippen LogP contribution in [0.4, 0.5) is 13.6 Å². The third kappa shape index (κ3) is 4.95. The predicted molar refractivity (Wildman–Crippen MR) is 108 cm³/mol. The van der Waals surface area contributed by atoms with E-state index in [0.29, 0.717) is 5.56 Å². The number of halogens is 4. The molecule has 1 aliphatic heterocycles. The molecule has 0 aliphatic carbocycles. The van der Waals surface area contributed by atoms with Gasteiger partial charge in [0, 0.05) is 13.1 Å². The van der Waals surface area contributed by atoms with Crippen LogP contribution in [-0.2, 0) is 4.79 Å². The number of benzene rings is 2. The molecule has 5 nitrogen and oxygen atoms in total. The Morgan fingerprint density at radius 3 is 2.48 bits per heavy atom. The Bertz CT molecular complexity index is 1030. The van der Waals surface area contributed by atoms with Crippen LogP contribution in [-0.4, -0.2) is 35.0 Å². The van der Waals surface area contributed by atoms with E-state index in [2.05, 4.69) is 5.32 Å². The summed E-state index contributed by atoms with van der Waals surface area (Å²) in [6.45, 7) is -0.133. The minimum absolute atomic E-state index is 0.0256. The second kappa shape index (κ2) is 8.94. The molecule has 0 radical (unpaired) electrons. The first-order chi connectivity index (χ1) is 13.8. The van der Waals surface area contributed by atoms with Crippen molar-refractivity contribution in [2.75, 3.05) is 13.1 Å². The van der Waals surface area contributed by atoms with Crippen molar-refractivity contribution in [3.05, 3.63) is 74.1 Å². The first-order valence-corrected chi connectivity index (χ1v) is 9.77. The van der Waals surface area contributed by atoms with E-state index in [1.165, 1.54) is 30.3 Å². The number of rotatable bonds is 5. The lowest BCUT2D eigenvalue weighted by molar-refractivity contribution is -0.122. The van der Waals surface area contributed by atoms with Crippen LogP contribution in [0.1, 0.15) is 15.9 Å². The van der Waals surface area contributed by atoms with Gasteiger partial charge in [0.1, 0.15) is 11.6 Å². The smallest absolute Gasteiger partial charge is 0.293 e. The number of hydrogen-bond acceptors (Lipinski definition) is 4. The third-order valence-electron chi connectivity index (χ3n) is 3.92. The van der Waals surface area contributed by atoms with Gasteiger partial charge in [-0.3, -0.25) is 19.3 Å². The summed E-state index contributed by atoms with van der Waals surface area (Å²) in [4.78, 5) is 37.8. The van der Waals surface area contributed by atoms with E-state index in [1.54, 1.807) is 0 Å². The molecule has 0 bridgehead atoms. The highest BCUT2D eigenvalue weighted by atomic mass is 35.5. The highest BCUT2D eigenvalue weighted by molar-refractivity contribution is 8.18. The van der Waals surface area contributed by atoms with Crippen LogP contribution in [0.25, 0.3) is 6.08 Å². The van der Waals surface area contributed by atoms with E-state index >= 15 is 0 Å². The van der Waals surface area contributed by atoms with Crippen LogP contribution in [0, 0.1) is 11.6 Å². The number of amides is 3. The predicted octanol–water partition coefficient (Wildman–Crippen LogP) is 4.74. The molecule has 1 aliphatic rings. The number of imide groups is 1. The molecule has 29 heavy (non-hydrogen) atoms. The van der Waals surface area contributed by atoms with E-state index in [4.69, 9.17) is 23.2 Å². The van der Waals surface area contributed by atoms with Crippen LogP contribution in [0.5, 0.6) is 0 Å². The maximum absolute atomic E-state index is 13.5. The van der Waals surface area contributed by atoms with Crippen LogP contribution >= 0.6 is 35.0 Å². The molecular weight excluding hydrogens is 445 g/mol. The van der Waals surface area contributed by atoms with Crippen LogP contribution in [0.15, 0.2) is 41.3 Å². The van der Waals surface area contributed by atoms with Crippen LogP contribution in [0.3, 0.4) is 0 Å². The Hall–Kier alpha value is -2.42. The number of carbonyl (C=O) groups excluding carboxylic acids is 3. The Kier molecular flexibility index (Phi) is 6.56. The third-order valence-corrected chi connectivity index (χ3v) is 5.43. The zero-order chi connectivity index (χ0) is 21.1. The summed E-state index contributed by atoms with van der Waals surface area (Å²) >= 11 is 12.2. The van der Waals surface area contributed by atoms with Crippen molar-refractivity contribution in [2.45, 2.75) is 0 Å². The fraction of sp³-hybridized carbons (Fsp3) is 0.105. The lowest BCUT2D eigenvalue weighted by atomic mass is 10.2. The number of nitrogens with zero attached hydrogens (tertiary/aromatic N) is 1. The number of carbonyl (C=O) groups is 3. The molecule has 0 saturated carbocycles. The van der Waals surface area contributed by atoms with E-state index < -0.39 is 28.7 Å². The molecule has 0 atom stereocenters. The summed E-state index contributed by atoms with van der Waals surface area (Å²) in [6.07, 6.45) is 1.49. The Labute approximate surface area is 178 Å². The highest BCUT2D eigenvalue weighted by Crippen LogP contribution is 2.32. The lowest BCUT2D eigenvalue weighted by Crippen LogP contribution is -2.37. The molecule has 1 heterocycles. The number of hydrogen-bond donors (Lipinski definition) is 1. The first-order valence-electron chi connectivity index (χ1n) is 8.20. The minimum atomic E-state index is -0.793. The van der Waals surface area contributed by atoms with Crippen molar-refractivity contribution >= 4 is 58.1 Å². The zero-order valence-corrected chi connectivity index (χ0v) is 16.9. The SMILES string of the molecule is O=C(NCCN1C(=O)S/C(=C\c2ccc(F)cc2)C1=O)c1cc(F)c(Cl)cc1Cl. The van der Waals surface area contributed by atoms with Crippen molar-refractivity contribution in [1.82, 2.24) is 10.2 Å². The standard InChI is InChI=1S/C19H12Cl2F2N2O3S/c20-13-9-14(21)15(23)8-12(13)17(26)24-5-6-25-18(27)16(29-19(25)28)7-10-1-3-11(22)4-2-10/h1-4,7-9H,5-6H2,(H,24,26)/b16-7-. The van der Waals surface area contributed by atoms with Gasteiger partial charge in [0.05, 0.1) is 20.5 Å². The quantitative estimate of drug-likeness (QED) is 0.521. The highest BCUT2D eigenvalue weighted by Gasteiger charge is 2.34. The lowest BCUT2D eigenvalue weighted by Gasteiger charge is -2.13. The average molecular weight is 457 g/mol. The average Bonchev–Trinajstić information content (AvgIpc) is 2.93. The monoisotopic (exact) mass is 456 g/mol.